The molecule has 1 aromatic carbocycles. The summed E-state index contributed by atoms with van der Waals surface area (Å²) < 4.78 is 10.6. The first-order chi connectivity index (χ1) is 13.2. The number of benzene rings is 1. The third kappa shape index (κ3) is 3.27. The largest absolute Gasteiger partial charge is 0.497 e. The Morgan fingerprint density at radius 2 is 2.07 bits per heavy atom. The van der Waals surface area contributed by atoms with Gasteiger partial charge in [0.15, 0.2) is 0 Å². The molecule has 142 valence electrons. The first-order valence-corrected chi connectivity index (χ1v) is 10.2. The lowest BCUT2D eigenvalue weighted by Crippen LogP contribution is -2.43. The summed E-state index contributed by atoms with van der Waals surface area (Å²) in [4.78, 5) is 17.6. The zero-order valence-electron chi connectivity index (χ0n) is 15.6. The molecule has 3 aliphatic rings. The number of nitrogens with one attached hydrogen (secondary N) is 1. The normalized spacial score (nSPS) is 28.1. The van der Waals surface area contributed by atoms with Gasteiger partial charge >= 0.3 is 0 Å². The summed E-state index contributed by atoms with van der Waals surface area (Å²) in [6, 6.07) is 5.68. The minimum absolute atomic E-state index is 0.00385. The molecule has 1 spiro atoms. The van der Waals surface area contributed by atoms with E-state index in [0.717, 1.165) is 41.4 Å². The van der Waals surface area contributed by atoms with Crippen molar-refractivity contribution in [2.75, 3.05) is 20.0 Å². The monoisotopic (exact) mass is 384 g/mol. The van der Waals surface area contributed by atoms with Crippen LogP contribution in [0.15, 0.2) is 47.1 Å². The molecule has 3 atom stereocenters. The van der Waals surface area contributed by atoms with E-state index in [1.165, 1.54) is 0 Å². The molecule has 0 saturated carbocycles. The first-order valence-electron chi connectivity index (χ1n) is 9.20. The van der Waals surface area contributed by atoms with Crippen LogP contribution in [0.3, 0.4) is 0 Å². The van der Waals surface area contributed by atoms with Gasteiger partial charge in [-0.05, 0) is 42.5 Å². The summed E-state index contributed by atoms with van der Waals surface area (Å²) in [6.45, 7) is 0.462. The van der Waals surface area contributed by atoms with E-state index in [4.69, 9.17) is 9.47 Å². The van der Waals surface area contributed by atoms with Gasteiger partial charge in [0.2, 0.25) is 5.91 Å². The topological polar surface area (TPSA) is 59.9 Å². The molecule has 1 fully saturated rings. The van der Waals surface area contributed by atoms with Crippen molar-refractivity contribution in [1.29, 1.82) is 0 Å². The summed E-state index contributed by atoms with van der Waals surface area (Å²) in [7, 11) is 3.25. The summed E-state index contributed by atoms with van der Waals surface area (Å²) in [5.74, 6) is 2.71. The zero-order valence-corrected chi connectivity index (χ0v) is 16.4. The van der Waals surface area contributed by atoms with Crippen LogP contribution in [0.5, 0.6) is 11.5 Å². The number of amides is 1. The van der Waals surface area contributed by atoms with Crippen LogP contribution in [0.25, 0.3) is 0 Å². The highest BCUT2D eigenvalue weighted by atomic mass is 32.2. The molecule has 5 nitrogen and oxygen atoms in total. The van der Waals surface area contributed by atoms with Crippen molar-refractivity contribution in [3.8, 4) is 11.5 Å². The molecule has 2 aliphatic heterocycles. The Kier molecular flexibility index (Phi) is 5.00. The highest BCUT2D eigenvalue weighted by Crippen LogP contribution is 2.57. The second-order valence-electron chi connectivity index (χ2n) is 7.08. The van der Waals surface area contributed by atoms with Gasteiger partial charge in [0.05, 0.1) is 30.6 Å². The van der Waals surface area contributed by atoms with Crippen LogP contribution in [0.1, 0.15) is 18.4 Å². The average Bonchev–Trinajstić information content (AvgIpc) is 3.09. The van der Waals surface area contributed by atoms with Crippen molar-refractivity contribution in [3.05, 3.63) is 47.7 Å². The third-order valence-electron chi connectivity index (χ3n) is 5.65. The van der Waals surface area contributed by atoms with Crippen molar-refractivity contribution in [1.82, 2.24) is 5.32 Å². The van der Waals surface area contributed by atoms with Crippen LogP contribution in [0, 0.1) is 11.8 Å². The average molecular weight is 385 g/mol. The number of methoxy groups -OCH3 is 2. The van der Waals surface area contributed by atoms with E-state index in [-0.39, 0.29) is 16.6 Å². The molecule has 2 heterocycles. The van der Waals surface area contributed by atoms with Gasteiger partial charge in [0.25, 0.3) is 0 Å². The Labute approximate surface area is 163 Å². The summed E-state index contributed by atoms with van der Waals surface area (Å²) in [6.07, 6.45) is 10.2. The molecule has 1 amide bonds. The van der Waals surface area contributed by atoms with Crippen molar-refractivity contribution in [2.45, 2.75) is 24.1 Å². The molecule has 0 radical (unpaired) electrons. The lowest BCUT2D eigenvalue weighted by Gasteiger charge is -2.39. The number of carbonyl (C=O) groups is 1. The molecule has 3 unspecified atom stereocenters. The Hall–Kier alpha value is -2.21. The number of allylic oxidation sites excluding steroid dienone is 3. The van der Waals surface area contributed by atoms with Crippen LogP contribution in [-0.4, -0.2) is 36.8 Å². The third-order valence-corrected chi connectivity index (χ3v) is 7.37. The second-order valence-corrected chi connectivity index (χ2v) is 8.43. The number of rotatable bonds is 5. The number of ether oxygens (including phenoxy) is 2. The van der Waals surface area contributed by atoms with E-state index in [9.17, 15) is 4.79 Å². The number of thioether (sulfide) groups is 1. The predicted molar refractivity (Wildman–Crippen MR) is 109 cm³/mol. The maximum absolute atomic E-state index is 13.0. The fourth-order valence-electron chi connectivity index (χ4n) is 4.23. The van der Waals surface area contributed by atoms with Gasteiger partial charge in [0.1, 0.15) is 11.5 Å². The fraction of sp³-hybridized carbons (Fsp3) is 0.429. The van der Waals surface area contributed by atoms with Gasteiger partial charge in [-0.2, -0.15) is 0 Å². The van der Waals surface area contributed by atoms with Gasteiger partial charge in [-0.25, -0.2) is 0 Å². The first kappa shape index (κ1) is 18.2. The molecule has 1 N–H and O–H groups in total. The number of nitrogens with zero attached hydrogens (tertiary/aromatic N) is 1. The minimum atomic E-state index is -0.0231. The number of carbonyl (C=O) groups excluding carboxylic acids is 1. The summed E-state index contributed by atoms with van der Waals surface area (Å²) >= 11 is 1.89. The van der Waals surface area contributed by atoms with Gasteiger partial charge in [-0.1, -0.05) is 12.2 Å². The highest BCUT2D eigenvalue weighted by Gasteiger charge is 2.54. The van der Waals surface area contributed by atoms with Crippen molar-refractivity contribution in [3.63, 3.8) is 0 Å². The zero-order chi connectivity index (χ0) is 18.9. The van der Waals surface area contributed by atoms with Crippen LogP contribution in [0.4, 0.5) is 0 Å². The van der Waals surface area contributed by atoms with Gasteiger partial charge < -0.3 is 14.8 Å². The van der Waals surface area contributed by atoms with Crippen molar-refractivity contribution < 1.29 is 14.3 Å². The van der Waals surface area contributed by atoms with E-state index in [0.29, 0.717) is 12.5 Å². The standard InChI is InChI=1S/C21H24N2O3S/c1-25-15-9-14(10-16(11-15)26-2)12-23-20(24)17-13-27-21-7-4-3-5-19(21)22-8-6-18(17)21/h3-5,8-11,17-18H,6-7,12-13H2,1-2H3,(H,23,24). The van der Waals surface area contributed by atoms with Gasteiger partial charge in [-0.3, -0.25) is 9.79 Å². The molecule has 0 bridgehead atoms. The molecule has 0 aromatic heterocycles. The Morgan fingerprint density at radius 3 is 2.81 bits per heavy atom. The molecule has 1 aromatic rings. The maximum Gasteiger partial charge on any atom is 0.224 e. The molecule has 1 saturated heterocycles. The number of hydrogen-bond acceptors (Lipinski definition) is 5. The molecule has 1 aliphatic carbocycles. The Balaban J connectivity index is 1.46. The molecule has 4 rings (SSSR count). The van der Waals surface area contributed by atoms with E-state index in [1.54, 1.807) is 14.2 Å². The Morgan fingerprint density at radius 1 is 1.30 bits per heavy atom. The van der Waals surface area contributed by atoms with Crippen LogP contribution in [0.2, 0.25) is 0 Å². The summed E-state index contributed by atoms with van der Waals surface area (Å²) in [5.41, 5.74) is 2.09. The summed E-state index contributed by atoms with van der Waals surface area (Å²) in [5, 5.41) is 3.12. The van der Waals surface area contributed by atoms with Crippen molar-refractivity contribution in [2.24, 2.45) is 16.8 Å². The van der Waals surface area contributed by atoms with Crippen LogP contribution in [-0.2, 0) is 11.3 Å². The Bertz CT molecular complexity index is 810. The highest BCUT2D eigenvalue weighted by molar-refractivity contribution is 8.01. The van der Waals surface area contributed by atoms with Crippen LogP contribution >= 0.6 is 11.8 Å². The van der Waals surface area contributed by atoms with Gasteiger partial charge in [0, 0.05) is 24.6 Å². The van der Waals surface area contributed by atoms with Crippen LogP contribution < -0.4 is 14.8 Å². The SMILES string of the molecule is COc1cc(CNC(=O)C2CSC34CC=CC=C3N=CCC24)cc(OC)c1. The second kappa shape index (κ2) is 7.43. The van der Waals surface area contributed by atoms with E-state index >= 15 is 0 Å². The molecular weight excluding hydrogens is 360 g/mol. The smallest absolute Gasteiger partial charge is 0.224 e. The predicted octanol–water partition coefficient (Wildman–Crippen LogP) is 3.36. The minimum Gasteiger partial charge on any atom is -0.497 e. The number of aliphatic imine (C=N–C) groups is 1. The van der Waals surface area contributed by atoms with Gasteiger partial charge in [-0.15, -0.1) is 11.8 Å². The fourth-order valence-corrected chi connectivity index (χ4v) is 6.05. The quantitative estimate of drug-likeness (QED) is 0.846. The van der Waals surface area contributed by atoms with Crippen molar-refractivity contribution >= 4 is 23.9 Å². The number of hydrogen-bond donors (Lipinski definition) is 1. The lowest BCUT2D eigenvalue weighted by atomic mass is 9.73. The molecule has 6 heteroatoms. The maximum atomic E-state index is 13.0. The van der Waals surface area contributed by atoms with E-state index < -0.39 is 0 Å². The molecular formula is C21H24N2O3S. The lowest BCUT2D eigenvalue weighted by molar-refractivity contribution is -0.126. The molecule has 27 heavy (non-hydrogen) atoms. The van der Waals surface area contributed by atoms with E-state index in [2.05, 4.69) is 28.5 Å². The van der Waals surface area contributed by atoms with E-state index in [1.807, 2.05) is 36.2 Å².